The highest BCUT2D eigenvalue weighted by Gasteiger charge is 2.34. The van der Waals surface area contributed by atoms with E-state index in [-0.39, 0.29) is 22.2 Å². The van der Waals surface area contributed by atoms with Crippen LogP contribution in [0.3, 0.4) is 0 Å². The number of nitrogens with one attached hydrogen (secondary N) is 1. The average molecular weight is 316 g/mol. The van der Waals surface area contributed by atoms with Crippen molar-refractivity contribution in [3.05, 3.63) is 47.7 Å². The lowest BCUT2D eigenvalue weighted by atomic mass is 10.2. The van der Waals surface area contributed by atoms with E-state index in [1.165, 1.54) is 12.4 Å². The summed E-state index contributed by atoms with van der Waals surface area (Å²) >= 11 is 4.77. The summed E-state index contributed by atoms with van der Waals surface area (Å²) in [6.07, 6.45) is -2.14. The number of halogens is 4. The summed E-state index contributed by atoms with van der Waals surface area (Å²) in [5.74, 6) is -1.27. The van der Waals surface area contributed by atoms with Gasteiger partial charge < -0.3 is 11.1 Å². The lowest BCUT2D eigenvalue weighted by molar-refractivity contribution is -0.139. The third kappa shape index (κ3) is 3.43. The van der Waals surface area contributed by atoms with E-state index in [9.17, 15) is 17.6 Å². The SMILES string of the molecule is NC(=S)c1nccnc1Nc1ccc(F)c(C(F)(F)F)c1. The molecule has 0 saturated heterocycles. The molecule has 0 spiro atoms. The molecule has 110 valence electrons. The van der Waals surface area contributed by atoms with E-state index in [0.29, 0.717) is 12.1 Å². The Morgan fingerprint density at radius 1 is 1.19 bits per heavy atom. The molecule has 9 heteroatoms. The molecule has 21 heavy (non-hydrogen) atoms. The third-order valence-corrected chi connectivity index (χ3v) is 2.66. The summed E-state index contributed by atoms with van der Waals surface area (Å²) in [5, 5.41) is 2.59. The Hall–Kier alpha value is -2.29. The van der Waals surface area contributed by atoms with Gasteiger partial charge in [-0.05, 0) is 18.2 Å². The Kier molecular flexibility index (Phi) is 4.03. The standard InChI is InChI=1S/C12H8F4N4S/c13-8-2-1-6(5-7(8)12(14,15)16)20-11-9(10(17)21)18-3-4-19-11/h1-5H,(H2,17,21)(H,19,20). The van der Waals surface area contributed by atoms with Crippen LogP contribution in [0.5, 0.6) is 0 Å². The summed E-state index contributed by atoms with van der Waals surface area (Å²) in [5.41, 5.74) is 4.18. The predicted octanol–water partition coefficient (Wildman–Crippen LogP) is 3.01. The van der Waals surface area contributed by atoms with Crippen LogP contribution in [0, 0.1) is 5.82 Å². The van der Waals surface area contributed by atoms with E-state index in [0.717, 1.165) is 6.07 Å². The molecule has 0 bridgehead atoms. The van der Waals surface area contributed by atoms with E-state index in [2.05, 4.69) is 15.3 Å². The molecule has 1 aromatic carbocycles. The fourth-order valence-corrected chi connectivity index (χ4v) is 1.72. The number of thiocarbonyl (C=S) groups is 1. The van der Waals surface area contributed by atoms with Crippen LogP contribution in [0.15, 0.2) is 30.6 Å². The van der Waals surface area contributed by atoms with Gasteiger partial charge in [0.05, 0.1) is 5.56 Å². The summed E-state index contributed by atoms with van der Waals surface area (Å²) in [6.45, 7) is 0. The molecule has 0 aliphatic carbocycles. The molecule has 0 aliphatic rings. The van der Waals surface area contributed by atoms with Crippen LogP contribution in [0.4, 0.5) is 29.1 Å². The predicted molar refractivity (Wildman–Crippen MR) is 72.6 cm³/mol. The normalized spacial score (nSPS) is 11.2. The Morgan fingerprint density at radius 3 is 2.48 bits per heavy atom. The van der Waals surface area contributed by atoms with Gasteiger partial charge in [-0.25, -0.2) is 14.4 Å². The van der Waals surface area contributed by atoms with Gasteiger partial charge in [0, 0.05) is 18.1 Å². The fourth-order valence-electron chi connectivity index (χ4n) is 1.57. The summed E-state index contributed by atoms with van der Waals surface area (Å²) < 4.78 is 51.1. The number of nitrogens with zero attached hydrogens (tertiary/aromatic N) is 2. The van der Waals surface area contributed by atoms with E-state index in [1.807, 2.05) is 0 Å². The van der Waals surface area contributed by atoms with E-state index in [4.69, 9.17) is 18.0 Å². The topological polar surface area (TPSA) is 63.8 Å². The van der Waals surface area contributed by atoms with Crippen molar-refractivity contribution in [2.45, 2.75) is 6.18 Å². The molecule has 1 aromatic heterocycles. The van der Waals surface area contributed by atoms with Gasteiger partial charge in [-0.1, -0.05) is 12.2 Å². The van der Waals surface area contributed by atoms with Gasteiger partial charge in [0.1, 0.15) is 16.5 Å². The molecule has 0 amide bonds. The highest BCUT2D eigenvalue weighted by atomic mass is 32.1. The maximum Gasteiger partial charge on any atom is 0.419 e. The van der Waals surface area contributed by atoms with Crippen LogP contribution < -0.4 is 11.1 Å². The number of aromatic nitrogens is 2. The zero-order valence-electron chi connectivity index (χ0n) is 10.3. The number of anilines is 2. The van der Waals surface area contributed by atoms with Gasteiger partial charge >= 0.3 is 6.18 Å². The average Bonchev–Trinajstić information content (AvgIpc) is 2.40. The second-order valence-electron chi connectivity index (χ2n) is 3.94. The van der Waals surface area contributed by atoms with Gasteiger partial charge in [0.2, 0.25) is 0 Å². The Morgan fingerprint density at radius 2 is 1.86 bits per heavy atom. The Bertz CT molecular complexity index is 687. The van der Waals surface area contributed by atoms with E-state index in [1.54, 1.807) is 0 Å². The summed E-state index contributed by atoms with van der Waals surface area (Å²) in [6, 6.07) is 2.48. The van der Waals surface area contributed by atoms with Crippen LogP contribution in [0.25, 0.3) is 0 Å². The molecule has 1 heterocycles. The summed E-state index contributed by atoms with van der Waals surface area (Å²) in [7, 11) is 0. The van der Waals surface area contributed by atoms with Crippen LogP contribution in [-0.4, -0.2) is 15.0 Å². The molecule has 0 atom stereocenters. The first-order valence-electron chi connectivity index (χ1n) is 5.53. The third-order valence-electron chi connectivity index (χ3n) is 2.47. The van der Waals surface area contributed by atoms with Crippen LogP contribution in [0.1, 0.15) is 11.3 Å². The van der Waals surface area contributed by atoms with Crippen LogP contribution in [-0.2, 0) is 6.18 Å². The fraction of sp³-hybridized carbons (Fsp3) is 0.0833. The van der Waals surface area contributed by atoms with Crippen molar-refractivity contribution in [3.63, 3.8) is 0 Å². The molecule has 0 radical (unpaired) electrons. The number of nitrogens with two attached hydrogens (primary N) is 1. The second-order valence-corrected chi connectivity index (χ2v) is 4.38. The first kappa shape index (κ1) is 15.1. The maximum absolute atomic E-state index is 13.2. The lowest BCUT2D eigenvalue weighted by Gasteiger charge is -2.12. The zero-order chi connectivity index (χ0) is 15.6. The molecule has 2 aromatic rings. The minimum Gasteiger partial charge on any atom is -0.388 e. The Labute approximate surface area is 122 Å². The monoisotopic (exact) mass is 316 g/mol. The number of hydrogen-bond acceptors (Lipinski definition) is 4. The smallest absolute Gasteiger partial charge is 0.388 e. The molecular formula is C12H8F4N4S. The van der Waals surface area contributed by atoms with Crippen LogP contribution in [0.2, 0.25) is 0 Å². The second kappa shape index (κ2) is 5.60. The molecule has 0 fully saturated rings. The van der Waals surface area contributed by atoms with Crippen molar-refractivity contribution in [3.8, 4) is 0 Å². The van der Waals surface area contributed by atoms with Crippen molar-refractivity contribution < 1.29 is 17.6 Å². The highest BCUT2D eigenvalue weighted by molar-refractivity contribution is 7.80. The van der Waals surface area contributed by atoms with Gasteiger partial charge in [-0.15, -0.1) is 0 Å². The van der Waals surface area contributed by atoms with Crippen molar-refractivity contribution in [1.82, 2.24) is 9.97 Å². The molecule has 0 saturated carbocycles. The maximum atomic E-state index is 13.2. The van der Waals surface area contributed by atoms with Gasteiger partial charge in [-0.2, -0.15) is 13.2 Å². The number of hydrogen-bond donors (Lipinski definition) is 2. The zero-order valence-corrected chi connectivity index (χ0v) is 11.1. The lowest BCUT2D eigenvalue weighted by Crippen LogP contribution is -2.15. The van der Waals surface area contributed by atoms with E-state index >= 15 is 0 Å². The minimum atomic E-state index is -4.80. The van der Waals surface area contributed by atoms with Crippen molar-refractivity contribution in [2.24, 2.45) is 5.73 Å². The molecule has 0 unspecified atom stereocenters. The van der Waals surface area contributed by atoms with Gasteiger partial charge in [-0.3, -0.25) is 0 Å². The molecule has 0 aliphatic heterocycles. The van der Waals surface area contributed by atoms with Crippen molar-refractivity contribution in [1.29, 1.82) is 0 Å². The summed E-state index contributed by atoms with van der Waals surface area (Å²) in [4.78, 5) is 7.70. The minimum absolute atomic E-state index is 0.0123. The van der Waals surface area contributed by atoms with Gasteiger partial charge in [0.15, 0.2) is 5.82 Å². The van der Waals surface area contributed by atoms with Gasteiger partial charge in [0.25, 0.3) is 0 Å². The number of benzene rings is 1. The van der Waals surface area contributed by atoms with Crippen molar-refractivity contribution >= 4 is 28.7 Å². The molecule has 2 rings (SSSR count). The highest BCUT2D eigenvalue weighted by Crippen LogP contribution is 2.33. The first-order chi connectivity index (χ1) is 9.79. The molecule has 3 N–H and O–H groups in total. The van der Waals surface area contributed by atoms with Crippen molar-refractivity contribution in [2.75, 3.05) is 5.32 Å². The first-order valence-corrected chi connectivity index (χ1v) is 5.94. The Balaban J connectivity index is 2.40. The number of rotatable bonds is 3. The molecule has 4 nitrogen and oxygen atoms in total. The quantitative estimate of drug-likeness (QED) is 0.673. The largest absolute Gasteiger partial charge is 0.419 e. The van der Waals surface area contributed by atoms with Crippen LogP contribution >= 0.6 is 12.2 Å². The number of alkyl halides is 3. The van der Waals surface area contributed by atoms with E-state index < -0.39 is 17.6 Å². The molecular weight excluding hydrogens is 308 g/mol.